The number of hydrogen-bond acceptors (Lipinski definition) is 6. The molecule has 1 amide bonds. The number of nitrogens with zero attached hydrogens (tertiary/aromatic N) is 3. The fourth-order valence-electron chi connectivity index (χ4n) is 4.37. The van der Waals surface area contributed by atoms with Crippen molar-refractivity contribution < 1.29 is 9.53 Å². The second-order valence-electron chi connectivity index (χ2n) is 9.07. The first-order valence-electron chi connectivity index (χ1n) is 11.5. The van der Waals surface area contributed by atoms with E-state index in [0.29, 0.717) is 6.54 Å². The van der Waals surface area contributed by atoms with E-state index in [0.717, 1.165) is 19.4 Å². The van der Waals surface area contributed by atoms with E-state index in [9.17, 15) is 14.4 Å². The highest BCUT2D eigenvalue weighted by Crippen LogP contribution is 2.32. The van der Waals surface area contributed by atoms with Gasteiger partial charge in [0.15, 0.2) is 5.69 Å². The number of aromatic nitrogens is 2. The van der Waals surface area contributed by atoms with Crippen LogP contribution in [0.25, 0.3) is 0 Å². The van der Waals surface area contributed by atoms with E-state index in [1.54, 1.807) is 0 Å². The molecule has 0 bridgehead atoms. The first kappa shape index (κ1) is 24.7. The standard InChI is InChI=1S/C24H35N5O4/c1-16(2)14-29-22(25)21(23(31)26-24(29)32)28(12-13-33-4)20(30)15-27-11-5-6-19(27)18-9-7-17(3)8-10-18/h7-10,16,19H,5-6,11-15,25H2,1-4H3,(H,26,31,32)/t19-/m1/s1. The van der Waals surface area contributed by atoms with Crippen molar-refractivity contribution in [2.45, 2.75) is 46.2 Å². The van der Waals surface area contributed by atoms with Crippen molar-refractivity contribution in [3.05, 3.63) is 56.2 Å². The Morgan fingerprint density at radius 3 is 2.61 bits per heavy atom. The van der Waals surface area contributed by atoms with Crippen molar-refractivity contribution in [2.75, 3.05) is 44.0 Å². The molecule has 1 fully saturated rings. The van der Waals surface area contributed by atoms with E-state index in [1.165, 1.54) is 27.7 Å². The van der Waals surface area contributed by atoms with Crippen LogP contribution >= 0.6 is 0 Å². The average molecular weight is 458 g/mol. The van der Waals surface area contributed by atoms with E-state index in [2.05, 4.69) is 34.1 Å². The molecule has 0 aliphatic carbocycles. The van der Waals surface area contributed by atoms with E-state index >= 15 is 0 Å². The van der Waals surface area contributed by atoms with Gasteiger partial charge in [-0.25, -0.2) is 4.79 Å². The second-order valence-corrected chi connectivity index (χ2v) is 9.07. The van der Waals surface area contributed by atoms with Crippen LogP contribution in [-0.4, -0.2) is 53.7 Å². The summed E-state index contributed by atoms with van der Waals surface area (Å²) in [6.07, 6.45) is 1.96. The molecule has 180 valence electrons. The van der Waals surface area contributed by atoms with Crippen molar-refractivity contribution in [3.63, 3.8) is 0 Å². The lowest BCUT2D eigenvalue weighted by Crippen LogP contribution is -2.46. The van der Waals surface area contributed by atoms with Crippen LogP contribution in [-0.2, 0) is 16.1 Å². The van der Waals surface area contributed by atoms with Crippen LogP contribution in [0.1, 0.15) is 43.9 Å². The van der Waals surface area contributed by atoms with Gasteiger partial charge in [0.25, 0.3) is 5.56 Å². The summed E-state index contributed by atoms with van der Waals surface area (Å²) in [5.41, 5.74) is 7.41. The van der Waals surface area contributed by atoms with Gasteiger partial charge in [0, 0.05) is 26.2 Å². The highest BCUT2D eigenvalue weighted by atomic mass is 16.5. The van der Waals surface area contributed by atoms with Crippen LogP contribution in [0.3, 0.4) is 0 Å². The van der Waals surface area contributed by atoms with Crippen molar-refractivity contribution in [1.82, 2.24) is 14.5 Å². The van der Waals surface area contributed by atoms with Gasteiger partial charge in [0.2, 0.25) is 5.91 Å². The molecule has 0 saturated carbocycles. The molecule has 2 heterocycles. The third kappa shape index (κ3) is 5.72. The van der Waals surface area contributed by atoms with E-state index in [4.69, 9.17) is 10.5 Å². The number of likely N-dealkylation sites (tertiary alicyclic amines) is 1. The molecule has 0 spiro atoms. The number of nitrogens with two attached hydrogens (primary N) is 1. The number of aromatic amines is 1. The maximum Gasteiger partial charge on any atom is 0.330 e. The molecule has 1 atom stereocenters. The van der Waals surface area contributed by atoms with E-state index in [-0.39, 0.29) is 49.1 Å². The SMILES string of the molecule is COCCN(C(=O)CN1CCC[C@@H]1c1ccc(C)cc1)c1c(N)n(CC(C)C)c(=O)[nH]c1=O. The molecule has 1 aliphatic heterocycles. The average Bonchev–Trinajstić information content (AvgIpc) is 3.21. The first-order valence-corrected chi connectivity index (χ1v) is 11.5. The van der Waals surface area contributed by atoms with Crippen molar-refractivity contribution in [3.8, 4) is 0 Å². The lowest BCUT2D eigenvalue weighted by Gasteiger charge is -2.29. The third-order valence-electron chi connectivity index (χ3n) is 6.02. The van der Waals surface area contributed by atoms with Crippen LogP contribution < -0.4 is 21.9 Å². The molecule has 1 saturated heterocycles. The van der Waals surface area contributed by atoms with Gasteiger partial charge in [-0.1, -0.05) is 43.7 Å². The Balaban J connectivity index is 1.91. The summed E-state index contributed by atoms with van der Waals surface area (Å²) in [5.74, 6) is -0.122. The summed E-state index contributed by atoms with van der Waals surface area (Å²) in [5, 5.41) is 0. The van der Waals surface area contributed by atoms with Gasteiger partial charge in [0.05, 0.1) is 13.2 Å². The molecule has 1 aromatic carbocycles. The largest absolute Gasteiger partial charge is 0.383 e. The molecule has 33 heavy (non-hydrogen) atoms. The lowest BCUT2D eigenvalue weighted by molar-refractivity contribution is -0.120. The molecule has 2 aromatic rings. The van der Waals surface area contributed by atoms with Crippen molar-refractivity contribution >= 4 is 17.4 Å². The highest BCUT2D eigenvalue weighted by Gasteiger charge is 2.31. The smallest absolute Gasteiger partial charge is 0.330 e. The molecular weight excluding hydrogens is 422 g/mol. The number of benzene rings is 1. The number of nitrogens with one attached hydrogen (secondary N) is 1. The quantitative estimate of drug-likeness (QED) is 0.595. The predicted octanol–water partition coefficient (Wildman–Crippen LogP) is 1.90. The van der Waals surface area contributed by atoms with Gasteiger partial charge in [0.1, 0.15) is 5.82 Å². The van der Waals surface area contributed by atoms with Gasteiger partial charge < -0.3 is 15.4 Å². The normalized spacial score (nSPS) is 16.5. The topological polar surface area (TPSA) is 114 Å². The zero-order valence-electron chi connectivity index (χ0n) is 20.0. The number of H-pyrrole nitrogens is 1. The van der Waals surface area contributed by atoms with Gasteiger partial charge in [-0.15, -0.1) is 0 Å². The monoisotopic (exact) mass is 457 g/mol. The highest BCUT2D eigenvalue weighted by molar-refractivity contribution is 5.96. The Bertz CT molecular complexity index is 1070. The summed E-state index contributed by atoms with van der Waals surface area (Å²) in [7, 11) is 1.53. The molecule has 1 aliphatic rings. The molecule has 3 rings (SSSR count). The van der Waals surface area contributed by atoms with E-state index < -0.39 is 11.2 Å². The van der Waals surface area contributed by atoms with Gasteiger partial charge in [-0.05, 0) is 37.8 Å². The molecule has 1 aromatic heterocycles. The summed E-state index contributed by atoms with van der Waals surface area (Å²) in [4.78, 5) is 44.4. The number of ether oxygens (including phenoxy) is 1. The number of methoxy groups -OCH3 is 1. The maximum atomic E-state index is 13.5. The van der Waals surface area contributed by atoms with Crippen LogP contribution in [0.4, 0.5) is 11.5 Å². The van der Waals surface area contributed by atoms with Crippen LogP contribution in [0.5, 0.6) is 0 Å². The minimum Gasteiger partial charge on any atom is -0.383 e. The number of rotatable bonds is 9. The molecular formula is C24H35N5O4. The fourth-order valence-corrected chi connectivity index (χ4v) is 4.37. The number of hydrogen-bond donors (Lipinski definition) is 2. The minimum absolute atomic E-state index is 0.00147. The molecule has 9 nitrogen and oxygen atoms in total. The first-order chi connectivity index (χ1) is 15.7. The fraction of sp³-hybridized carbons (Fsp3) is 0.542. The number of aryl methyl sites for hydroxylation is 1. The summed E-state index contributed by atoms with van der Waals surface area (Å²) < 4.78 is 6.50. The number of carbonyl (C=O) groups is 1. The van der Waals surface area contributed by atoms with Crippen LogP contribution in [0.2, 0.25) is 0 Å². The zero-order valence-corrected chi connectivity index (χ0v) is 20.0. The van der Waals surface area contributed by atoms with Gasteiger partial charge in [-0.2, -0.15) is 0 Å². The van der Waals surface area contributed by atoms with Crippen molar-refractivity contribution in [2.24, 2.45) is 5.92 Å². The molecule has 0 unspecified atom stereocenters. The molecule has 9 heteroatoms. The number of anilines is 2. The van der Waals surface area contributed by atoms with Gasteiger partial charge >= 0.3 is 5.69 Å². The molecule has 3 N–H and O–H groups in total. The molecule has 0 radical (unpaired) electrons. The predicted molar refractivity (Wildman–Crippen MR) is 130 cm³/mol. The Morgan fingerprint density at radius 2 is 1.97 bits per heavy atom. The number of amides is 1. The summed E-state index contributed by atoms with van der Waals surface area (Å²) in [6.45, 7) is 7.61. The summed E-state index contributed by atoms with van der Waals surface area (Å²) in [6, 6.07) is 8.52. The van der Waals surface area contributed by atoms with Crippen LogP contribution in [0, 0.1) is 12.8 Å². The minimum atomic E-state index is -0.668. The Labute approximate surface area is 194 Å². The Kier molecular flexibility index (Phi) is 8.10. The number of carbonyl (C=O) groups excluding carboxylic acids is 1. The number of nitrogen functional groups attached to an aromatic ring is 1. The zero-order chi connectivity index (χ0) is 24.1. The van der Waals surface area contributed by atoms with Crippen LogP contribution in [0.15, 0.2) is 33.9 Å². The maximum absolute atomic E-state index is 13.5. The van der Waals surface area contributed by atoms with Crippen molar-refractivity contribution in [1.29, 1.82) is 0 Å². The summed E-state index contributed by atoms with van der Waals surface area (Å²) >= 11 is 0. The Morgan fingerprint density at radius 1 is 1.27 bits per heavy atom. The lowest BCUT2D eigenvalue weighted by atomic mass is 10.0. The van der Waals surface area contributed by atoms with E-state index in [1.807, 2.05) is 20.8 Å². The second kappa shape index (κ2) is 10.8. The third-order valence-corrected chi connectivity index (χ3v) is 6.02. The van der Waals surface area contributed by atoms with Gasteiger partial charge in [-0.3, -0.25) is 24.0 Å². The Hall–Kier alpha value is -2.91.